The summed E-state index contributed by atoms with van der Waals surface area (Å²) in [6.45, 7) is 1.82. The van der Waals surface area contributed by atoms with Crippen LogP contribution in [0.1, 0.15) is 12.5 Å². The first-order valence-corrected chi connectivity index (χ1v) is 6.11. The fourth-order valence-corrected chi connectivity index (χ4v) is 1.47. The monoisotopic (exact) mass is 308 g/mol. The van der Waals surface area contributed by atoms with Crippen molar-refractivity contribution in [1.82, 2.24) is 5.32 Å². The van der Waals surface area contributed by atoms with E-state index >= 15 is 0 Å². The molecule has 6 nitrogen and oxygen atoms in total. The molecular weight excluding hydrogens is 293 g/mol. The van der Waals surface area contributed by atoms with Crippen molar-refractivity contribution < 1.29 is 27.9 Å². The van der Waals surface area contributed by atoms with E-state index < -0.39 is 29.5 Å². The number of alkyl halides is 3. The van der Waals surface area contributed by atoms with Gasteiger partial charge in [-0.05, 0) is 18.2 Å². The summed E-state index contributed by atoms with van der Waals surface area (Å²) < 4.78 is 41.3. The van der Waals surface area contributed by atoms with Gasteiger partial charge >= 0.3 is 11.9 Å². The zero-order valence-electron chi connectivity index (χ0n) is 11.2. The molecule has 1 unspecified atom stereocenters. The first kappa shape index (κ1) is 17.2. The van der Waals surface area contributed by atoms with Crippen LogP contribution in [0.3, 0.4) is 0 Å². The molecule has 1 rings (SSSR count). The summed E-state index contributed by atoms with van der Waals surface area (Å²) in [6, 6.07) is 3.92. The molecule has 118 valence electrons. The van der Waals surface area contributed by atoms with Gasteiger partial charge in [0.15, 0.2) is 11.9 Å². The van der Waals surface area contributed by atoms with E-state index in [4.69, 9.17) is 9.84 Å². The summed E-state index contributed by atoms with van der Waals surface area (Å²) in [7, 11) is 0. The lowest BCUT2D eigenvalue weighted by molar-refractivity contribution is -0.386. The number of halogens is 3. The number of hydrogen-bond donors (Lipinski definition) is 2. The second-order valence-electron chi connectivity index (χ2n) is 4.21. The molecule has 0 aromatic heterocycles. The number of nitro benzene ring substituents is 1. The zero-order valence-corrected chi connectivity index (χ0v) is 11.2. The molecule has 0 amide bonds. The van der Waals surface area contributed by atoms with Crippen LogP contribution in [0.4, 0.5) is 18.9 Å². The number of ether oxygens (including phenoxy) is 1. The maximum atomic E-state index is 12.2. The molecule has 21 heavy (non-hydrogen) atoms. The number of rotatable bonds is 7. The zero-order chi connectivity index (χ0) is 16.0. The van der Waals surface area contributed by atoms with Crippen molar-refractivity contribution in [2.75, 3.05) is 13.2 Å². The van der Waals surface area contributed by atoms with E-state index in [1.54, 1.807) is 0 Å². The average Bonchev–Trinajstić information content (AvgIpc) is 2.41. The molecule has 1 aromatic carbocycles. The van der Waals surface area contributed by atoms with E-state index in [-0.39, 0.29) is 5.75 Å². The quantitative estimate of drug-likeness (QED) is 0.594. The fraction of sp³-hybridized carbons (Fsp3) is 0.500. The highest BCUT2D eigenvalue weighted by atomic mass is 19.4. The Balaban J connectivity index is 2.88. The Morgan fingerprint density at radius 2 is 2.14 bits per heavy atom. The van der Waals surface area contributed by atoms with Crippen molar-refractivity contribution in [3.05, 3.63) is 33.9 Å². The molecule has 0 aliphatic carbocycles. The number of aliphatic hydroxyl groups excluding tert-OH is 1. The highest BCUT2D eigenvalue weighted by Gasteiger charge is 2.39. The normalized spacial score (nSPS) is 13.0. The Morgan fingerprint density at radius 3 is 2.67 bits per heavy atom. The third-order valence-electron chi connectivity index (χ3n) is 2.57. The highest BCUT2D eigenvalue weighted by Crippen LogP contribution is 2.29. The molecule has 0 aliphatic rings. The third kappa shape index (κ3) is 5.20. The summed E-state index contributed by atoms with van der Waals surface area (Å²) in [6.07, 6.45) is -7.54. The van der Waals surface area contributed by atoms with E-state index in [9.17, 15) is 23.3 Å². The molecular formula is C12H15F3N2O4. The molecule has 0 saturated carbocycles. The lowest BCUT2D eigenvalue weighted by atomic mass is 10.2. The van der Waals surface area contributed by atoms with Crippen LogP contribution in [-0.2, 0) is 6.54 Å². The van der Waals surface area contributed by atoms with Crippen LogP contribution in [0, 0.1) is 10.1 Å². The number of nitro groups is 1. The van der Waals surface area contributed by atoms with Gasteiger partial charge in [-0.1, -0.05) is 13.0 Å². The van der Waals surface area contributed by atoms with Gasteiger partial charge in [0.05, 0.1) is 4.92 Å². The first-order chi connectivity index (χ1) is 9.75. The maximum absolute atomic E-state index is 12.2. The van der Waals surface area contributed by atoms with Crippen LogP contribution in [0.2, 0.25) is 0 Å². The van der Waals surface area contributed by atoms with Crippen molar-refractivity contribution in [2.24, 2.45) is 0 Å². The number of aliphatic hydroxyl groups is 1. The van der Waals surface area contributed by atoms with Crippen molar-refractivity contribution in [3.63, 3.8) is 0 Å². The van der Waals surface area contributed by atoms with Crippen molar-refractivity contribution >= 4 is 5.69 Å². The number of benzene rings is 1. The Bertz CT molecular complexity index is 494. The third-order valence-corrected chi connectivity index (χ3v) is 2.57. The average molecular weight is 308 g/mol. The second-order valence-corrected chi connectivity index (χ2v) is 4.21. The molecule has 0 aliphatic heterocycles. The van der Waals surface area contributed by atoms with Gasteiger partial charge in [0.1, 0.15) is 6.61 Å². The minimum Gasteiger partial charge on any atom is -0.484 e. The van der Waals surface area contributed by atoms with Gasteiger partial charge < -0.3 is 15.2 Å². The van der Waals surface area contributed by atoms with Crippen LogP contribution >= 0.6 is 0 Å². The van der Waals surface area contributed by atoms with Crippen LogP contribution < -0.4 is 10.1 Å². The van der Waals surface area contributed by atoms with Gasteiger partial charge in [-0.2, -0.15) is 13.2 Å². The summed E-state index contributed by atoms with van der Waals surface area (Å²) in [5, 5.41) is 22.6. The molecule has 0 spiro atoms. The van der Waals surface area contributed by atoms with Gasteiger partial charge in [-0.3, -0.25) is 10.1 Å². The predicted molar refractivity (Wildman–Crippen MR) is 68.0 cm³/mol. The summed E-state index contributed by atoms with van der Waals surface area (Å²) in [5.41, 5.74) is 0.170. The SMILES string of the molecule is CCNCc1ccc([N+](=O)[O-])c(OCC(O)C(F)(F)F)c1. The van der Waals surface area contributed by atoms with Crippen LogP contribution in [-0.4, -0.2) is 35.5 Å². The van der Waals surface area contributed by atoms with Gasteiger partial charge in [0.2, 0.25) is 0 Å². The lowest BCUT2D eigenvalue weighted by Gasteiger charge is -2.15. The summed E-state index contributed by atoms with van der Waals surface area (Å²) in [4.78, 5) is 10.1. The minimum atomic E-state index is -4.84. The van der Waals surface area contributed by atoms with E-state index in [2.05, 4.69) is 5.32 Å². The number of nitrogens with zero attached hydrogens (tertiary/aromatic N) is 1. The van der Waals surface area contributed by atoms with E-state index in [1.807, 2.05) is 6.92 Å². The Morgan fingerprint density at radius 1 is 1.48 bits per heavy atom. The molecule has 2 N–H and O–H groups in total. The van der Waals surface area contributed by atoms with Crippen molar-refractivity contribution in [3.8, 4) is 5.75 Å². The second kappa shape index (κ2) is 7.23. The number of hydrogen-bond acceptors (Lipinski definition) is 5. The van der Waals surface area contributed by atoms with E-state index in [0.717, 1.165) is 6.07 Å². The molecule has 0 heterocycles. The fourth-order valence-electron chi connectivity index (χ4n) is 1.47. The smallest absolute Gasteiger partial charge is 0.417 e. The summed E-state index contributed by atoms with van der Waals surface area (Å²) in [5.74, 6) is -0.307. The van der Waals surface area contributed by atoms with Gasteiger partial charge in [0, 0.05) is 12.6 Å². The molecule has 1 atom stereocenters. The van der Waals surface area contributed by atoms with Crippen LogP contribution in [0.5, 0.6) is 5.75 Å². The number of nitrogens with one attached hydrogen (secondary N) is 1. The Labute approximate surface area is 118 Å². The Hall–Kier alpha value is -1.87. The van der Waals surface area contributed by atoms with E-state index in [1.165, 1.54) is 12.1 Å². The molecule has 0 saturated heterocycles. The Kier molecular flexibility index (Phi) is 5.91. The first-order valence-electron chi connectivity index (χ1n) is 6.11. The molecule has 0 bridgehead atoms. The molecule has 9 heteroatoms. The predicted octanol–water partition coefficient (Wildman–Crippen LogP) is 2.01. The van der Waals surface area contributed by atoms with Gasteiger partial charge in [-0.25, -0.2) is 0 Å². The van der Waals surface area contributed by atoms with Crippen molar-refractivity contribution in [2.45, 2.75) is 25.7 Å². The lowest BCUT2D eigenvalue weighted by Crippen LogP contribution is -2.34. The highest BCUT2D eigenvalue weighted by molar-refractivity contribution is 5.48. The van der Waals surface area contributed by atoms with E-state index in [0.29, 0.717) is 18.7 Å². The van der Waals surface area contributed by atoms with Gasteiger partial charge in [-0.15, -0.1) is 0 Å². The topological polar surface area (TPSA) is 84.6 Å². The van der Waals surface area contributed by atoms with Gasteiger partial charge in [0.25, 0.3) is 0 Å². The largest absolute Gasteiger partial charge is 0.484 e. The molecule has 1 aromatic rings. The minimum absolute atomic E-state index is 0.307. The van der Waals surface area contributed by atoms with Crippen molar-refractivity contribution in [1.29, 1.82) is 0 Å². The maximum Gasteiger partial charge on any atom is 0.417 e. The standard InChI is InChI=1S/C12H15F3N2O4/c1-2-16-6-8-3-4-9(17(19)20)10(5-8)21-7-11(18)12(13,14)15/h3-5,11,16,18H,2,6-7H2,1H3. The van der Waals surface area contributed by atoms with Crippen LogP contribution in [0.15, 0.2) is 18.2 Å². The molecule has 0 radical (unpaired) electrons. The molecule has 0 fully saturated rings. The van der Waals surface area contributed by atoms with Crippen LogP contribution in [0.25, 0.3) is 0 Å². The summed E-state index contributed by atoms with van der Waals surface area (Å²) >= 11 is 0.